The van der Waals surface area contributed by atoms with E-state index in [1.807, 2.05) is 11.8 Å². The van der Waals surface area contributed by atoms with Gasteiger partial charge in [0, 0.05) is 10.5 Å². The van der Waals surface area contributed by atoms with Crippen LogP contribution < -0.4 is 0 Å². The van der Waals surface area contributed by atoms with Gasteiger partial charge in [-0.15, -0.1) is 0 Å². The summed E-state index contributed by atoms with van der Waals surface area (Å²) in [4.78, 5) is 0. The molecule has 15 heavy (non-hydrogen) atoms. The zero-order chi connectivity index (χ0) is 10.4. The second kappa shape index (κ2) is 3.94. The number of hydrogen-bond acceptors (Lipinski definition) is 3. The summed E-state index contributed by atoms with van der Waals surface area (Å²) in [6.45, 7) is 4.55. The highest BCUT2D eigenvalue weighted by Crippen LogP contribution is 2.43. The highest BCUT2D eigenvalue weighted by molar-refractivity contribution is 8.00. The Labute approximate surface area is 96.1 Å². The number of fused-ring (bicyclic) bond motifs is 2. The summed E-state index contributed by atoms with van der Waals surface area (Å²) in [7, 11) is 0. The first-order valence-electron chi connectivity index (χ1n) is 6.22. The van der Waals surface area contributed by atoms with Crippen LogP contribution in [0.3, 0.4) is 0 Å². The first-order valence-corrected chi connectivity index (χ1v) is 7.16. The summed E-state index contributed by atoms with van der Waals surface area (Å²) >= 11 is 2.02. The van der Waals surface area contributed by atoms with Crippen molar-refractivity contribution in [2.24, 2.45) is 0 Å². The number of rotatable bonds is 0. The van der Waals surface area contributed by atoms with Gasteiger partial charge in [-0.25, -0.2) is 0 Å². The third-order valence-electron chi connectivity index (χ3n) is 3.98. The Morgan fingerprint density at radius 1 is 0.867 bits per heavy atom. The van der Waals surface area contributed by atoms with Gasteiger partial charge in [0.2, 0.25) is 0 Å². The molecule has 0 aromatic heterocycles. The van der Waals surface area contributed by atoms with Crippen molar-refractivity contribution in [2.75, 3.05) is 0 Å². The van der Waals surface area contributed by atoms with E-state index in [4.69, 9.17) is 9.47 Å². The Morgan fingerprint density at radius 3 is 1.80 bits per heavy atom. The van der Waals surface area contributed by atoms with Crippen molar-refractivity contribution in [3.63, 3.8) is 0 Å². The molecule has 2 saturated heterocycles. The van der Waals surface area contributed by atoms with Gasteiger partial charge in [-0.3, -0.25) is 0 Å². The quantitative estimate of drug-likeness (QED) is 0.635. The Hall–Kier alpha value is 0.270. The van der Waals surface area contributed by atoms with Crippen molar-refractivity contribution in [3.05, 3.63) is 0 Å². The van der Waals surface area contributed by atoms with E-state index in [0.717, 1.165) is 0 Å². The largest absolute Gasteiger partial charge is 0.368 e. The van der Waals surface area contributed by atoms with Crippen molar-refractivity contribution >= 4 is 11.8 Å². The smallest absolute Gasteiger partial charge is 0.0968 e. The van der Waals surface area contributed by atoms with E-state index in [1.54, 1.807) is 0 Å². The SMILES string of the molecule is CC1SC(C)C2OC3CCCCC3OC12. The van der Waals surface area contributed by atoms with Crippen molar-refractivity contribution in [2.45, 2.75) is 74.4 Å². The van der Waals surface area contributed by atoms with E-state index in [1.165, 1.54) is 25.7 Å². The maximum absolute atomic E-state index is 6.25. The van der Waals surface area contributed by atoms with E-state index >= 15 is 0 Å². The Kier molecular flexibility index (Phi) is 2.74. The third-order valence-corrected chi connectivity index (χ3v) is 5.38. The normalized spacial score (nSPS) is 54.8. The molecule has 2 nitrogen and oxygen atoms in total. The monoisotopic (exact) mass is 228 g/mol. The van der Waals surface area contributed by atoms with Gasteiger partial charge in [-0.1, -0.05) is 26.7 Å². The van der Waals surface area contributed by atoms with Gasteiger partial charge < -0.3 is 9.47 Å². The van der Waals surface area contributed by atoms with Crippen LogP contribution in [-0.4, -0.2) is 34.9 Å². The van der Waals surface area contributed by atoms with Crippen LogP contribution in [0.2, 0.25) is 0 Å². The topological polar surface area (TPSA) is 18.5 Å². The Morgan fingerprint density at radius 2 is 1.33 bits per heavy atom. The van der Waals surface area contributed by atoms with Crippen molar-refractivity contribution in [1.29, 1.82) is 0 Å². The number of thioether (sulfide) groups is 1. The third kappa shape index (κ3) is 1.73. The van der Waals surface area contributed by atoms with Gasteiger partial charge in [0.15, 0.2) is 0 Å². The minimum absolute atomic E-state index is 0.351. The molecule has 0 spiro atoms. The molecule has 0 radical (unpaired) electrons. The van der Waals surface area contributed by atoms with Crippen LogP contribution in [-0.2, 0) is 9.47 Å². The van der Waals surface area contributed by atoms with Crippen LogP contribution in [0.5, 0.6) is 0 Å². The molecule has 3 heteroatoms. The molecule has 0 bridgehead atoms. The van der Waals surface area contributed by atoms with Gasteiger partial charge in [0.1, 0.15) is 0 Å². The molecule has 6 unspecified atom stereocenters. The summed E-state index contributed by atoms with van der Waals surface area (Å²) in [5.74, 6) is 0. The molecule has 3 fully saturated rings. The fraction of sp³-hybridized carbons (Fsp3) is 1.00. The van der Waals surface area contributed by atoms with Crippen LogP contribution in [0.1, 0.15) is 39.5 Å². The van der Waals surface area contributed by atoms with E-state index in [2.05, 4.69) is 13.8 Å². The summed E-state index contributed by atoms with van der Waals surface area (Å²) in [6.07, 6.45) is 6.55. The molecular formula is C12H20O2S. The minimum Gasteiger partial charge on any atom is -0.368 e. The molecule has 3 rings (SSSR count). The number of hydrogen-bond donors (Lipinski definition) is 0. The second-order valence-electron chi connectivity index (χ2n) is 5.11. The molecule has 2 heterocycles. The predicted molar refractivity (Wildman–Crippen MR) is 62.3 cm³/mol. The highest BCUT2D eigenvalue weighted by atomic mass is 32.2. The van der Waals surface area contributed by atoms with Gasteiger partial charge in [0.05, 0.1) is 24.4 Å². The first kappa shape index (κ1) is 10.4. The molecule has 0 amide bonds. The van der Waals surface area contributed by atoms with Crippen LogP contribution in [0.4, 0.5) is 0 Å². The average Bonchev–Trinajstić information content (AvgIpc) is 2.52. The maximum Gasteiger partial charge on any atom is 0.0968 e. The van der Waals surface area contributed by atoms with E-state index in [-0.39, 0.29) is 0 Å². The molecule has 1 aliphatic carbocycles. The van der Waals surface area contributed by atoms with E-state index < -0.39 is 0 Å². The second-order valence-corrected chi connectivity index (χ2v) is 6.87. The molecule has 0 aromatic carbocycles. The van der Waals surface area contributed by atoms with E-state index in [0.29, 0.717) is 34.9 Å². The van der Waals surface area contributed by atoms with Crippen molar-refractivity contribution < 1.29 is 9.47 Å². The zero-order valence-corrected chi connectivity index (χ0v) is 10.3. The Bertz CT molecular complexity index is 222. The molecule has 0 N–H and O–H groups in total. The average molecular weight is 228 g/mol. The first-order chi connectivity index (χ1) is 7.25. The van der Waals surface area contributed by atoms with Crippen molar-refractivity contribution in [3.8, 4) is 0 Å². The van der Waals surface area contributed by atoms with Crippen molar-refractivity contribution in [1.82, 2.24) is 0 Å². The lowest BCUT2D eigenvalue weighted by Gasteiger charge is -2.43. The number of ether oxygens (including phenoxy) is 2. The molecule has 6 atom stereocenters. The van der Waals surface area contributed by atoms with Crippen LogP contribution >= 0.6 is 11.8 Å². The predicted octanol–water partition coefficient (Wildman–Crippen LogP) is 2.61. The van der Waals surface area contributed by atoms with Gasteiger partial charge in [0.25, 0.3) is 0 Å². The zero-order valence-electron chi connectivity index (χ0n) is 9.52. The van der Waals surface area contributed by atoms with Gasteiger partial charge >= 0.3 is 0 Å². The summed E-state index contributed by atoms with van der Waals surface area (Å²) in [5, 5.41) is 1.21. The van der Waals surface area contributed by atoms with Crippen LogP contribution in [0.15, 0.2) is 0 Å². The maximum atomic E-state index is 6.25. The fourth-order valence-electron chi connectivity index (χ4n) is 3.18. The lowest BCUT2D eigenvalue weighted by atomic mass is 9.92. The molecule has 2 aliphatic heterocycles. The highest BCUT2D eigenvalue weighted by Gasteiger charge is 2.48. The summed E-state index contributed by atoms with van der Waals surface area (Å²) in [6, 6.07) is 0. The molecule has 86 valence electrons. The van der Waals surface area contributed by atoms with Gasteiger partial charge in [-0.2, -0.15) is 11.8 Å². The molecular weight excluding hydrogens is 208 g/mol. The minimum atomic E-state index is 0.351. The van der Waals surface area contributed by atoms with Gasteiger partial charge in [-0.05, 0) is 12.8 Å². The van der Waals surface area contributed by atoms with Crippen LogP contribution in [0.25, 0.3) is 0 Å². The molecule has 0 aromatic rings. The lowest BCUT2D eigenvalue weighted by molar-refractivity contribution is -0.223. The Balaban J connectivity index is 1.75. The standard InChI is InChI=1S/C12H20O2S/c1-7-11-12(8(2)15-7)14-10-6-4-3-5-9(10)13-11/h7-12H,3-6H2,1-2H3. The molecule has 3 aliphatic rings. The summed E-state index contributed by atoms with van der Waals surface area (Å²) in [5.41, 5.74) is 0. The fourth-order valence-corrected chi connectivity index (χ4v) is 4.61. The summed E-state index contributed by atoms with van der Waals surface area (Å²) < 4.78 is 12.5. The van der Waals surface area contributed by atoms with Crippen LogP contribution in [0, 0.1) is 0 Å². The van der Waals surface area contributed by atoms with E-state index in [9.17, 15) is 0 Å². The molecule has 1 saturated carbocycles. The lowest BCUT2D eigenvalue weighted by Crippen LogP contribution is -2.52.